The number of halogens is 1. The van der Waals surface area contributed by atoms with Crippen molar-refractivity contribution in [3.63, 3.8) is 0 Å². The molecular weight excluding hydrogens is 379 g/mol. The number of anilines is 1. The highest BCUT2D eigenvalue weighted by Crippen LogP contribution is 2.37. The Hall–Kier alpha value is -2.77. The molecule has 0 atom stereocenters. The normalized spacial score (nSPS) is 13.4. The van der Waals surface area contributed by atoms with Gasteiger partial charge >= 0.3 is 0 Å². The van der Waals surface area contributed by atoms with E-state index in [0.717, 1.165) is 28.2 Å². The molecule has 0 aliphatic carbocycles. The van der Waals surface area contributed by atoms with Crippen LogP contribution in [-0.2, 0) is 22.5 Å². The number of hydrogen-bond acceptors (Lipinski definition) is 5. The van der Waals surface area contributed by atoms with Crippen molar-refractivity contribution in [2.75, 3.05) is 25.2 Å². The van der Waals surface area contributed by atoms with Gasteiger partial charge in [0.1, 0.15) is 11.6 Å². The van der Waals surface area contributed by atoms with Gasteiger partial charge in [-0.05, 0) is 35.9 Å². The lowest BCUT2D eigenvalue weighted by Crippen LogP contribution is -2.38. The third kappa shape index (κ3) is 3.90. The SMILES string of the molecule is COCCc1nc(-c2ccc3c(c2)N(Cc2ccc(F)cc2)C(=O)CO3)cs1. The summed E-state index contributed by atoms with van der Waals surface area (Å²) in [6, 6.07) is 11.9. The number of carbonyl (C=O) groups is 1. The van der Waals surface area contributed by atoms with Crippen LogP contribution in [-0.4, -0.2) is 31.2 Å². The number of hydrogen-bond donors (Lipinski definition) is 0. The number of carbonyl (C=O) groups excluding carboxylic acids is 1. The lowest BCUT2D eigenvalue weighted by Gasteiger charge is -2.30. The van der Waals surface area contributed by atoms with Gasteiger partial charge in [-0.25, -0.2) is 9.37 Å². The summed E-state index contributed by atoms with van der Waals surface area (Å²) in [7, 11) is 1.67. The molecule has 3 aromatic rings. The van der Waals surface area contributed by atoms with Crippen LogP contribution < -0.4 is 9.64 Å². The first kappa shape index (κ1) is 18.6. The summed E-state index contributed by atoms with van der Waals surface area (Å²) in [6.45, 7) is 0.978. The van der Waals surface area contributed by atoms with Gasteiger partial charge in [-0.3, -0.25) is 4.79 Å². The number of methoxy groups -OCH3 is 1. The molecule has 0 saturated heterocycles. The van der Waals surface area contributed by atoms with E-state index in [4.69, 9.17) is 9.47 Å². The molecule has 1 aliphatic heterocycles. The molecule has 0 saturated carbocycles. The van der Waals surface area contributed by atoms with Gasteiger partial charge in [-0.2, -0.15) is 0 Å². The Kier molecular flexibility index (Phi) is 5.36. The molecule has 1 aromatic heterocycles. The number of ether oxygens (including phenoxy) is 2. The Balaban J connectivity index is 1.63. The van der Waals surface area contributed by atoms with Gasteiger partial charge in [0.25, 0.3) is 5.91 Å². The maximum Gasteiger partial charge on any atom is 0.265 e. The lowest BCUT2D eigenvalue weighted by molar-refractivity contribution is -0.121. The van der Waals surface area contributed by atoms with Gasteiger partial charge in [-0.15, -0.1) is 11.3 Å². The van der Waals surface area contributed by atoms with Crippen LogP contribution in [0.2, 0.25) is 0 Å². The highest BCUT2D eigenvalue weighted by atomic mass is 32.1. The minimum absolute atomic E-state index is 0.00852. The molecule has 28 heavy (non-hydrogen) atoms. The monoisotopic (exact) mass is 398 g/mol. The number of rotatable bonds is 6. The second-order valence-corrected chi connectivity index (χ2v) is 7.39. The number of aromatic nitrogens is 1. The maximum absolute atomic E-state index is 13.2. The Bertz CT molecular complexity index is 988. The lowest BCUT2D eigenvalue weighted by atomic mass is 10.1. The average molecular weight is 398 g/mol. The molecule has 2 heterocycles. The largest absolute Gasteiger partial charge is 0.482 e. The van der Waals surface area contributed by atoms with E-state index in [1.165, 1.54) is 12.1 Å². The quantitative estimate of drug-likeness (QED) is 0.628. The van der Waals surface area contributed by atoms with E-state index in [2.05, 4.69) is 4.98 Å². The van der Waals surface area contributed by atoms with E-state index in [-0.39, 0.29) is 18.3 Å². The van der Waals surface area contributed by atoms with Crippen molar-refractivity contribution in [3.8, 4) is 17.0 Å². The van der Waals surface area contributed by atoms with E-state index in [9.17, 15) is 9.18 Å². The van der Waals surface area contributed by atoms with Crippen LogP contribution in [0.15, 0.2) is 47.8 Å². The summed E-state index contributed by atoms with van der Waals surface area (Å²) < 4.78 is 23.9. The Morgan fingerprint density at radius 2 is 2.07 bits per heavy atom. The molecule has 1 aliphatic rings. The first-order valence-electron chi connectivity index (χ1n) is 8.89. The van der Waals surface area contributed by atoms with Gasteiger partial charge < -0.3 is 14.4 Å². The molecule has 0 unspecified atom stereocenters. The summed E-state index contributed by atoms with van der Waals surface area (Å²) in [4.78, 5) is 18.8. The van der Waals surface area contributed by atoms with E-state index in [1.807, 2.05) is 23.6 Å². The first-order chi connectivity index (χ1) is 13.6. The molecule has 5 nitrogen and oxygen atoms in total. The van der Waals surface area contributed by atoms with Crippen molar-refractivity contribution in [2.24, 2.45) is 0 Å². The van der Waals surface area contributed by atoms with Crippen LogP contribution in [0.4, 0.5) is 10.1 Å². The highest BCUT2D eigenvalue weighted by Gasteiger charge is 2.26. The van der Waals surface area contributed by atoms with Crippen LogP contribution in [0.5, 0.6) is 5.75 Å². The Morgan fingerprint density at radius 3 is 2.86 bits per heavy atom. The average Bonchev–Trinajstić information content (AvgIpc) is 3.19. The van der Waals surface area contributed by atoms with Crippen LogP contribution in [0.1, 0.15) is 10.6 Å². The summed E-state index contributed by atoms with van der Waals surface area (Å²) in [5.41, 5.74) is 3.33. The van der Waals surface area contributed by atoms with Crippen molar-refractivity contribution in [1.29, 1.82) is 0 Å². The molecule has 0 N–H and O–H groups in total. The number of nitrogens with zero attached hydrogens (tertiary/aromatic N) is 2. The summed E-state index contributed by atoms with van der Waals surface area (Å²) >= 11 is 1.59. The first-order valence-corrected chi connectivity index (χ1v) is 9.77. The van der Waals surface area contributed by atoms with Crippen LogP contribution >= 0.6 is 11.3 Å². The van der Waals surface area contributed by atoms with E-state index in [0.29, 0.717) is 24.6 Å². The number of amides is 1. The third-order valence-corrected chi connectivity index (χ3v) is 5.43. The van der Waals surface area contributed by atoms with Crippen LogP contribution in [0, 0.1) is 5.82 Å². The minimum Gasteiger partial charge on any atom is -0.482 e. The van der Waals surface area contributed by atoms with Gasteiger partial charge in [0.15, 0.2) is 6.61 Å². The van der Waals surface area contributed by atoms with E-state index >= 15 is 0 Å². The van der Waals surface area contributed by atoms with Crippen molar-refractivity contribution >= 4 is 22.9 Å². The van der Waals surface area contributed by atoms with Crippen LogP contribution in [0.3, 0.4) is 0 Å². The summed E-state index contributed by atoms with van der Waals surface area (Å²) in [5.74, 6) is 0.223. The van der Waals surface area contributed by atoms with Crippen LogP contribution in [0.25, 0.3) is 11.3 Å². The van der Waals surface area contributed by atoms with Crippen molar-refractivity contribution < 1.29 is 18.7 Å². The molecule has 0 fully saturated rings. The molecule has 4 rings (SSSR count). The zero-order chi connectivity index (χ0) is 19.5. The predicted octanol–water partition coefficient (Wildman–Crippen LogP) is 4.06. The van der Waals surface area contributed by atoms with Gasteiger partial charge in [-0.1, -0.05) is 12.1 Å². The number of benzene rings is 2. The van der Waals surface area contributed by atoms with Gasteiger partial charge in [0, 0.05) is 24.5 Å². The molecule has 1 amide bonds. The topological polar surface area (TPSA) is 51.7 Å². The molecule has 7 heteroatoms. The zero-order valence-corrected chi connectivity index (χ0v) is 16.2. The highest BCUT2D eigenvalue weighted by molar-refractivity contribution is 7.09. The fraction of sp³-hybridized carbons (Fsp3) is 0.238. The van der Waals surface area contributed by atoms with Crippen molar-refractivity contribution in [3.05, 3.63) is 64.2 Å². The van der Waals surface area contributed by atoms with Gasteiger partial charge in [0.2, 0.25) is 0 Å². The van der Waals surface area contributed by atoms with E-state index < -0.39 is 0 Å². The maximum atomic E-state index is 13.2. The second-order valence-electron chi connectivity index (χ2n) is 6.45. The molecule has 0 spiro atoms. The fourth-order valence-corrected chi connectivity index (χ4v) is 3.84. The molecule has 0 bridgehead atoms. The minimum atomic E-state index is -0.299. The summed E-state index contributed by atoms with van der Waals surface area (Å²) in [6.07, 6.45) is 0.768. The van der Waals surface area contributed by atoms with Gasteiger partial charge in [0.05, 0.1) is 29.5 Å². The second kappa shape index (κ2) is 8.08. The predicted molar refractivity (Wildman–Crippen MR) is 106 cm³/mol. The molecule has 2 aromatic carbocycles. The Labute approximate surface area is 166 Å². The third-order valence-electron chi connectivity index (χ3n) is 4.52. The molecule has 144 valence electrons. The van der Waals surface area contributed by atoms with Crippen molar-refractivity contribution in [1.82, 2.24) is 4.98 Å². The van der Waals surface area contributed by atoms with Crippen molar-refractivity contribution in [2.45, 2.75) is 13.0 Å². The fourth-order valence-electron chi connectivity index (χ4n) is 3.05. The number of thiazole rings is 1. The smallest absolute Gasteiger partial charge is 0.265 e. The summed E-state index contributed by atoms with van der Waals surface area (Å²) in [5, 5.41) is 3.01. The van der Waals surface area contributed by atoms with E-state index in [1.54, 1.807) is 35.5 Å². The molecule has 0 radical (unpaired) electrons. The molecular formula is C21H19FN2O3S. The zero-order valence-electron chi connectivity index (χ0n) is 15.4. The standard InChI is InChI=1S/C21H19FN2O3S/c1-26-9-8-20-23-17(13-28-20)15-4-7-19-18(10-15)24(21(25)12-27-19)11-14-2-5-16(22)6-3-14/h2-7,10,13H,8-9,11-12H2,1H3. The Morgan fingerprint density at radius 1 is 1.25 bits per heavy atom. The number of fused-ring (bicyclic) bond motifs is 1.